The van der Waals surface area contributed by atoms with Crippen LogP contribution in [0, 0.1) is 10.1 Å². The fourth-order valence-corrected chi connectivity index (χ4v) is 2.94. The summed E-state index contributed by atoms with van der Waals surface area (Å²) >= 11 is 0. The number of rotatable bonds is 6. The summed E-state index contributed by atoms with van der Waals surface area (Å²) in [4.78, 5) is 25.5. The number of nitro groups is 1. The number of morpholine rings is 1. The van der Waals surface area contributed by atoms with Crippen LogP contribution in [0.4, 0.5) is 11.4 Å². The van der Waals surface area contributed by atoms with Crippen molar-refractivity contribution in [3.8, 4) is 5.75 Å². The van der Waals surface area contributed by atoms with Crippen molar-refractivity contribution >= 4 is 17.3 Å². The molecular formula is C19H21N3O5. The molecule has 1 amide bonds. The Balaban J connectivity index is 1.79. The van der Waals surface area contributed by atoms with Gasteiger partial charge in [-0.3, -0.25) is 14.9 Å². The van der Waals surface area contributed by atoms with E-state index in [4.69, 9.17) is 9.47 Å². The first-order chi connectivity index (χ1) is 13.1. The molecule has 1 aliphatic rings. The second-order valence-corrected chi connectivity index (χ2v) is 6.09. The van der Waals surface area contributed by atoms with Crippen molar-refractivity contribution in [1.29, 1.82) is 0 Å². The first-order valence-corrected chi connectivity index (χ1v) is 8.61. The van der Waals surface area contributed by atoms with Gasteiger partial charge >= 0.3 is 0 Å². The Morgan fingerprint density at radius 1 is 1.26 bits per heavy atom. The van der Waals surface area contributed by atoms with Crippen molar-refractivity contribution in [2.45, 2.75) is 6.54 Å². The number of amides is 1. The lowest BCUT2D eigenvalue weighted by Crippen LogP contribution is -2.36. The highest BCUT2D eigenvalue weighted by Crippen LogP contribution is 2.26. The van der Waals surface area contributed by atoms with Crippen LogP contribution in [0.1, 0.15) is 15.9 Å². The largest absolute Gasteiger partial charge is 0.497 e. The van der Waals surface area contributed by atoms with Crippen molar-refractivity contribution in [2.75, 3.05) is 38.3 Å². The Bertz CT molecular complexity index is 834. The number of hydrogen-bond acceptors (Lipinski definition) is 6. The summed E-state index contributed by atoms with van der Waals surface area (Å²) in [5, 5.41) is 14.1. The number of ether oxygens (including phenoxy) is 2. The summed E-state index contributed by atoms with van der Waals surface area (Å²) < 4.78 is 10.5. The zero-order valence-corrected chi connectivity index (χ0v) is 15.0. The molecule has 3 rings (SSSR count). The van der Waals surface area contributed by atoms with Crippen LogP contribution in [0.3, 0.4) is 0 Å². The van der Waals surface area contributed by atoms with Crippen molar-refractivity contribution in [2.24, 2.45) is 0 Å². The number of carbonyl (C=O) groups excluding carboxylic acids is 1. The number of nitrogens with zero attached hydrogens (tertiary/aromatic N) is 2. The highest BCUT2D eigenvalue weighted by atomic mass is 16.6. The highest BCUT2D eigenvalue weighted by molar-refractivity contribution is 5.99. The monoisotopic (exact) mass is 371 g/mol. The lowest BCUT2D eigenvalue weighted by molar-refractivity contribution is -0.385. The van der Waals surface area contributed by atoms with Crippen molar-refractivity contribution in [3.63, 3.8) is 0 Å². The Labute approximate surface area is 156 Å². The number of methoxy groups -OCH3 is 1. The molecule has 0 spiro atoms. The van der Waals surface area contributed by atoms with Crippen LogP contribution in [0.5, 0.6) is 5.75 Å². The zero-order valence-electron chi connectivity index (χ0n) is 15.0. The number of nitro benzene ring substituents is 1. The number of hydrogen-bond donors (Lipinski definition) is 1. The quantitative estimate of drug-likeness (QED) is 0.619. The molecule has 0 saturated carbocycles. The average Bonchev–Trinajstić information content (AvgIpc) is 2.72. The van der Waals surface area contributed by atoms with Gasteiger partial charge in [-0.05, 0) is 29.8 Å². The third-order valence-electron chi connectivity index (χ3n) is 4.38. The van der Waals surface area contributed by atoms with Gasteiger partial charge in [0, 0.05) is 31.4 Å². The van der Waals surface area contributed by atoms with Crippen LogP contribution in [-0.2, 0) is 11.3 Å². The molecule has 0 bridgehead atoms. The minimum atomic E-state index is -0.538. The molecule has 0 aromatic heterocycles. The number of anilines is 1. The molecule has 0 aliphatic carbocycles. The average molecular weight is 371 g/mol. The van der Waals surface area contributed by atoms with E-state index >= 15 is 0 Å². The number of carbonyl (C=O) groups is 1. The second kappa shape index (κ2) is 8.50. The molecule has 1 heterocycles. The van der Waals surface area contributed by atoms with Crippen LogP contribution in [0.25, 0.3) is 0 Å². The minimum absolute atomic E-state index is 0.0480. The molecule has 0 radical (unpaired) electrons. The fraction of sp³-hybridized carbons (Fsp3) is 0.316. The molecule has 1 N–H and O–H groups in total. The first-order valence-electron chi connectivity index (χ1n) is 8.61. The maximum absolute atomic E-state index is 12.6. The number of nitrogens with one attached hydrogen (secondary N) is 1. The Morgan fingerprint density at radius 2 is 2.04 bits per heavy atom. The van der Waals surface area contributed by atoms with E-state index < -0.39 is 10.8 Å². The predicted molar refractivity (Wildman–Crippen MR) is 100 cm³/mol. The van der Waals surface area contributed by atoms with E-state index in [1.165, 1.54) is 6.07 Å². The molecule has 2 aromatic rings. The molecule has 2 aromatic carbocycles. The van der Waals surface area contributed by atoms with Gasteiger partial charge in [0.2, 0.25) is 0 Å². The van der Waals surface area contributed by atoms with Crippen LogP contribution < -0.4 is 15.0 Å². The van der Waals surface area contributed by atoms with Gasteiger partial charge in [-0.2, -0.15) is 0 Å². The molecule has 0 unspecified atom stereocenters. The van der Waals surface area contributed by atoms with Gasteiger partial charge in [-0.15, -0.1) is 0 Å². The molecule has 142 valence electrons. The summed E-state index contributed by atoms with van der Waals surface area (Å²) in [6.45, 7) is 2.79. The summed E-state index contributed by atoms with van der Waals surface area (Å²) in [6.07, 6.45) is 0. The first kappa shape index (κ1) is 18.7. The van der Waals surface area contributed by atoms with Gasteiger partial charge in [-0.25, -0.2) is 0 Å². The predicted octanol–water partition coefficient (Wildman–Crippen LogP) is 2.37. The van der Waals surface area contributed by atoms with E-state index in [1.807, 2.05) is 23.1 Å². The van der Waals surface area contributed by atoms with Crippen LogP contribution in [0.15, 0.2) is 42.5 Å². The Kier molecular flexibility index (Phi) is 5.87. The van der Waals surface area contributed by atoms with Gasteiger partial charge in [-0.1, -0.05) is 12.1 Å². The van der Waals surface area contributed by atoms with Gasteiger partial charge in [0.1, 0.15) is 11.3 Å². The van der Waals surface area contributed by atoms with E-state index in [2.05, 4.69) is 5.32 Å². The number of benzene rings is 2. The van der Waals surface area contributed by atoms with Gasteiger partial charge in [0.05, 0.1) is 25.2 Å². The molecule has 1 fully saturated rings. The van der Waals surface area contributed by atoms with E-state index in [-0.39, 0.29) is 17.8 Å². The van der Waals surface area contributed by atoms with Crippen molar-refractivity contribution < 1.29 is 19.2 Å². The molecule has 8 heteroatoms. The standard InChI is InChI=1S/C19H21N3O5/c1-26-16-4-2-3-14(11-16)13-20-19(23)17-12-15(5-6-18(17)22(24)25)21-7-9-27-10-8-21/h2-6,11-12H,7-10,13H2,1H3,(H,20,23). The lowest BCUT2D eigenvalue weighted by Gasteiger charge is -2.29. The SMILES string of the molecule is COc1cccc(CNC(=O)c2cc(N3CCOCC3)ccc2[N+](=O)[O-])c1. The highest BCUT2D eigenvalue weighted by Gasteiger charge is 2.22. The van der Waals surface area contributed by atoms with E-state index in [0.29, 0.717) is 32.1 Å². The third-order valence-corrected chi connectivity index (χ3v) is 4.38. The minimum Gasteiger partial charge on any atom is -0.497 e. The molecule has 8 nitrogen and oxygen atoms in total. The molecular weight excluding hydrogens is 350 g/mol. The van der Waals surface area contributed by atoms with E-state index in [9.17, 15) is 14.9 Å². The fourth-order valence-electron chi connectivity index (χ4n) is 2.94. The molecule has 1 saturated heterocycles. The summed E-state index contributed by atoms with van der Waals surface area (Å²) in [5.41, 5.74) is 1.45. The van der Waals surface area contributed by atoms with Gasteiger partial charge < -0.3 is 19.7 Å². The zero-order chi connectivity index (χ0) is 19.2. The van der Waals surface area contributed by atoms with E-state index in [0.717, 1.165) is 11.3 Å². The lowest BCUT2D eigenvalue weighted by atomic mass is 10.1. The molecule has 27 heavy (non-hydrogen) atoms. The topological polar surface area (TPSA) is 93.9 Å². The summed E-state index contributed by atoms with van der Waals surface area (Å²) in [6, 6.07) is 11.9. The summed E-state index contributed by atoms with van der Waals surface area (Å²) in [7, 11) is 1.57. The summed E-state index contributed by atoms with van der Waals surface area (Å²) in [5.74, 6) is 0.196. The van der Waals surface area contributed by atoms with Crippen molar-refractivity contribution in [3.05, 3.63) is 63.7 Å². The Morgan fingerprint density at radius 3 is 2.74 bits per heavy atom. The Hall–Kier alpha value is -3.13. The van der Waals surface area contributed by atoms with E-state index in [1.54, 1.807) is 25.3 Å². The molecule has 1 aliphatic heterocycles. The van der Waals surface area contributed by atoms with Gasteiger partial charge in [0.25, 0.3) is 11.6 Å². The molecule has 0 atom stereocenters. The normalized spacial score (nSPS) is 13.9. The van der Waals surface area contributed by atoms with Crippen molar-refractivity contribution in [1.82, 2.24) is 5.32 Å². The second-order valence-electron chi connectivity index (χ2n) is 6.09. The smallest absolute Gasteiger partial charge is 0.282 e. The third kappa shape index (κ3) is 4.53. The van der Waals surface area contributed by atoms with Crippen LogP contribution in [-0.4, -0.2) is 44.2 Å². The van der Waals surface area contributed by atoms with Crippen LogP contribution in [0.2, 0.25) is 0 Å². The maximum Gasteiger partial charge on any atom is 0.282 e. The van der Waals surface area contributed by atoms with Gasteiger partial charge in [0.15, 0.2) is 0 Å². The maximum atomic E-state index is 12.6. The van der Waals surface area contributed by atoms with Crippen LogP contribution >= 0.6 is 0 Å².